The number of nitrogens with zero attached hydrogens (tertiary/aromatic N) is 1. The summed E-state index contributed by atoms with van der Waals surface area (Å²) < 4.78 is 2.18. The lowest BCUT2D eigenvalue weighted by molar-refractivity contribution is 0.449. The Morgan fingerprint density at radius 3 is 3.00 bits per heavy atom. The lowest BCUT2D eigenvalue weighted by atomic mass is 10.1. The molecule has 0 bridgehead atoms. The third kappa shape index (κ3) is 1.79. The van der Waals surface area contributed by atoms with Crippen LogP contribution in [0.3, 0.4) is 0 Å². The van der Waals surface area contributed by atoms with Gasteiger partial charge in [-0.25, -0.2) is 4.31 Å². The first kappa shape index (κ1) is 8.19. The third-order valence-electron chi connectivity index (χ3n) is 1.70. The lowest BCUT2D eigenvalue weighted by Crippen LogP contribution is -2.34. The molecule has 0 radical (unpaired) electrons. The first-order valence-corrected chi connectivity index (χ1v) is 5.57. The van der Waals surface area contributed by atoms with Gasteiger partial charge in [0.15, 0.2) is 0 Å². The number of rotatable bonds is 0. The molecule has 1 aliphatic rings. The first-order valence-electron chi connectivity index (χ1n) is 3.30. The molecule has 1 aliphatic heterocycles. The summed E-state index contributed by atoms with van der Waals surface area (Å²) in [5, 5.41) is 0. The SMILES string of the molecule is C#CC1CCS(=S)N(C)C1. The van der Waals surface area contributed by atoms with Gasteiger partial charge in [0.05, 0.1) is 0 Å². The van der Waals surface area contributed by atoms with Crippen molar-refractivity contribution in [3.63, 3.8) is 0 Å². The molecule has 0 N–H and O–H groups in total. The second-order valence-corrected chi connectivity index (χ2v) is 5.32. The quantitative estimate of drug-likeness (QED) is 0.493. The Morgan fingerprint density at radius 2 is 2.50 bits per heavy atom. The minimum atomic E-state index is 0.0639. The van der Waals surface area contributed by atoms with Crippen molar-refractivity contribution in [3.05, 3.63) is 0 Å². The zero-order chi connectivity index (χ0) is 7.56. The Kier molecular flexibility index (Phi) is 2.84. The van der Waals surface area contributed by atoms with Crippen LogP contribution in [0.2, 0.25) is 0 Å². The second-order valence-electron chi connectivity index (χ2n) is 2.49. The average Bonchev–Trinajstić information content (AvgIpc) is 1.95. The Balaban J connectivity index is 2.50. The van der Waals surface area contributed by atoms with Crippen LogP contribution >= 0.6 is 0 Å². The average molecular weight is 173 g/mol. The van der Waals surface area contributed by atoms with Crippen LogP contribution in [0.1, 0.15) is 6.42 Å². The van der Waals surface area contributed by atoms with E-state index in [9.17, 15) is 0 Å². The highest BCUT2D eigenvalue weighted by atomic mass is 32.8. The van der Waals surface area contributed by atoms with E-state index in [1.165, 1.54) is 0 Å². The summed E-state index contributed by atoms with van der Waals surface area (Å²) in [6.45, 7) is 0.989. The van der Waals surface area contributed by atoms with Crippen molar-refractivity contribution in [2.45, 2.75) is 6.42 Å². The fraction of sp³-hybridized carbons (Fsp3) is 0.714. The van der Waals surface area contributed by atoms with Crippen molar-refractivity contribution in [3.8, 4) is 12.3 Å². The molecule has 56 valence electrons. The monoisotopic (exact) mass is 173 g/mol. The lowest BCUT2D eigenvalue weighted by Gasteiger charge is -2.27. The Hall–Kier alpha value is 0.0900. The van der Waals surface area contributed by atoms with Gasteiger partial charge < -0.3 is 0 Å². The smallest absolute Gasteiger partial charge is 0.0345 e. The van der Waals surface area contributed by atoms with E-state index in [1.807, 2.05) is 0 Å². The van der Waals surface area contributed by atoms with Crippen molar-refractivity contribution >= 4 is 20.8 Å². The minimum Gasteiger partial charge on any atom is -0.249 e. The Morgan fingerprint density at radius 1 is 1.80 bits per heavy atom. The molecule has 0 aromatic carbocycles. The van der Waals surface area contributed by atoms with Crippen LogP contribution in [-0.4, -0.2) is 23.7 Å². The van der Waals surface area contributed by atoms with Gasteiger partial charge in [0.25, 0.3) is 0 Å². The topological polar surface area (TPSA) is 3.24 Å². The van der Waals surface area contributed by atoms with E-state index in [-0.39, 0.29) is 9.64 Å². The highest BCUT2D eigenvalue weighted by Crippen LogP contribution is 2.13. The molecule has 0 aromatic heterocycles. The molecule has 1 fully saturated rings. The predicted molar refractivity (Wildman–Crippen MR) is 49.2 cm³/mol. The highest BCUT2D eigenvalue weighted by molar-refractivity contribution is 8.27. The molecular formula is C7H11NS2. The summed E-state index contributed by atoms with van der Waals surface area (Å²) in [4.78, 5) is 0. The molecule has 1 heterocycles. The zero-order valence-electron chi connectivity index (χ0n) is 6.04. The maximum absolute atomic E-state index is 5.30. The van der Waals surface area contributed by atoms with Gasteiger partial charge in [0.2, 0.25) is 0 Å². The summed E-state index contributed by atoms with van der Waals surface area (Å²) in [6.07, 6.45) is 6.42. The van der Waals surface area contributed by atoms with Crippen molar-refractivity contribution in [1.82, 2.24) is 4.31 Å². The molecule has 1 rings (SSSR count). The molecule has 0 aromatic rings. The normalized spacial score (nSPS) is 35.2. The van der Waals surface area contributed by atoms with Crippen LogP contribution < -0.4 is 0 Å². The van der Waals surface area contributed by atoms with Gasteiger partial charge in [-0.2, -0.15) is 0 Å². The summed E-state index contributed by atoms with van der Waals surface area (Å²) in [5.41, 5.74) is 0. The van der Waals surface area contributed by atoms with Gasteiger partial charge >= 0.3 is 0 Å². The molecule has 2 unspecified atom stereocenters. The van der Waals surface area contributed by atoms with Crippen LogP contribution in [-0.2, 0) is 20.8 Å². The van der Waals surface area contributed by atoms with Gasteiger partial charge in [0, 0.05) is 18.2 Å². The van der Waals surface area contributed by atoms with E-state index in [4.69, 9.17) is 17.6 Å². The van der Waals surface area contributed by atoms with Crippen LogP contribution in [0.4, 0.5) is 0 Å². The molecule has 1 nitrogen and oxygen atoms in total. The standard InChI is InChI=1S/C7H11NS2/c1-3-7-4-5-10(9)8(2)6-7/h1,7H,4-6H2,2H3. The molecule has 0 spiro atoms. The summed E-state index contributed by atoms with van der Waals surface area (Å²) in [6, 6.07) is 0. The van der Waals surface area contributed by atoms with E-state index in [0.717, 1.165) is 18.7 Å². The Labute approximate surface area is 69.5 Å². The molecule has 1 saturated heterocycles. The van der Waals surface area contributed by atoms with E-state index in [0.29, 0.717) is 5.92 Å². The zero-order valence-corrected chi connectivity index (χ0v) is 7.67. The fourth-order valence-corrected chi connectivity index (χ4v) is 2.64. The van der Waals surface area contributed by atoms with Gasteiger partial charge in [-0.15, -0.1) is 12.3 Å². The van der Waals surface area contributed by atoms with Crippen LogP contribution in [0.5, 0.6) is 0 Å². The van der Waals surface area contributed by atoms with Crippen LogP contribution in [0.25, 0.3) is 0 Å². The van der Waals surface area contributed by atoms with Gasteiger partial charge in [0.1, 0.15) is 0 Å². The maximum Gasteiger partial charge on any atom is 0.0345 e. The minimum absolute atomic E-state index is 0.0639. The molecule has 2 atom stereocenters. The van der Waals surface area contributed by atoms with Crippen molar-refractivity contribution in [2.24, 2.45) is 5.92 Å². The molecule has 10 heavy (non-hydrogen) atoms. The molecule has 3 heteroatoms. The molecule has 0 aliphatic carbocycles. The van der Waals surface area contributed by atoms with Gasteiger partial charge in [-0.05, 0) is 24.7 Å². The van der Waals surface area contributed by atoms with Crippen molar-refractivity contribution < 1.29 is 0 Å². The Bertz CT molecular complexity index is 183. The largest absolute Gasteiger partial charge is 0.249 e. The predicted octanol–water partition coefficient (Wildman–Crippen LogP) is 0.567. The first-order chi connectivity index (χ1) is 4.74. The van der Waals surface area contributed by atoms with E-state index in [1.54, 1.807) is 0 Å². The highest BCUT2D eigenvalue weighted by Gasteiger charge is 2.17. The molecule has 0 saturated carbocycles. The summed E-state index contributed by atoms with van der Waals surface area (Å²) in [5.74, 6) is 4.31. The molecule has 0 amide bonds. The second kappa shape index (κ2) is 3.47. The van der Waals surface area contributed by atoms with Crippen LogP contribution in [0, 0.1) is 18.3 Å². The van der Waals surface area contributed by atoms with E-state index < -0.39 is 0 Å². The fourth-order valence-electron chi connectivity index (χ4n) is 1.02. The maximum atomic E-state index is 5.30. The van der Waals surface area contributed by atoms with Crippen molar-refractivity contribution in [2.75, 3.05) is 19.3 Å². The number of hydrogen-bond donors (Lipinski definition) is 0. The summed E-state index contributed by atoms with van der Waals surface area (Å²) >= 11 is 5.20. The number of hydrogen-bond acceptors (Lipinski definition) is 1. The van der Waals surface area contributed by atoms with Crippen LogP contribution in [0.15, 0.2) is 0 Å². The van der Waals surface area contributed by atoms with E-state index in [2.05, 4.69) is 17.3 Å². The third-order valence-corrected chi connectivity index (χ3v) is 4.39. The summed E-state index contributed by atoms with van der Waals surface area (Å²) in [7, 11) is 2.12. The van der Waals surface area contributed by atoms with Gasteiger partial charge in [-0.1, -0.05) is 9.64 Å². The molecular weight excluding hydrogens is 162 g/mol. The van der Waals surface area contributed by atoms with Crippen molar-refractivity contribution in [1.29, 1.82) is 0 Å². The number of terminal acetylenes is 1. The van der Waals surface area contributed by atoms with Gasteiger partial charge in [-0.3, -0.25) is 0 Å². The van der Waals surface area contributed by atoms with E-state index >= 15 is 0 Å².